The average molecular weight is 782 g/mol. The molecule has 9 aromatic rings. The van der Waals surface area contributed by atoms with Crippen molar-refractivity contribution in [2.45, 2.75) is 38.5 Å². The Balaban J connectivity index is 1.15. The summed E-state index contributed by atoms with van der Waals surface area (Å²) in [6.45, 7) is 9.50. The molecule has 0 spiro atoms. The van der Waals surface area contributed by atoms with Crippen LogP contribution < -0.4 is 4.90 Å². The van der Waals surface area contributed by atoms with Gasteiger partial charge in [-0.3, -0.25) is 0 Å². The second-order valence-electron chi connectivity index (χ2n) is 17.7. The van der Waals surface area contributed by atoms with Crippen LogP contribution in [0.4, 0.5) is 17.1 Å². The molecule has 0 amide bonds. The number of benzene rings is 9. The van der Waals surface area contributed by atoms with Gasteiger partial charge in [-0.15, -0.1) is 0 Å². The monoisotopic (exact) mass is 781 g/mol. The van der Waals surface area contributed by atoms with Crippen LogP contribution in [0.3, 0.4) is 0 Å². The van der Waals surface area contributed by atoms with E-state index in [1.54, 1.807) is 0 Å². The maximum absolute atomic E-state index is 2.54. The molecule has 61 heavy (non-hydrogen) atoms. The SMILES string of the molecule is CC1(C)c2ccccc2-c2ccc(-c3ccc(N(c4cccc(-c5ccccc5)c4-c4ccccc4-c4ccccc4)c4cccc5c4C(C)(C)c4ccccc4-5)cc3)cc21. The summed E-state index contributed by atoms with van der Waals surface area (Å²) < 4.78 is 0. The molecule has 0 aromatic heterocycles. The molecule has 0 saturated carbocycles. The van der Waals surface area contributed by atoms with Gasteiger partial charge >= 0.3 is 0 Å². The Hall–Kier alpha value is -7.22. The van der Waals surface area contributed by atoms with Gasteiger partial charge in [0.1, 0.15) is 0 Å². The molecule has 11 rings (SSSR count). The lowest BCUT2D eigenvalue weighted by molar-refractivity contribution is 0.660. The standard InChI is InChI=1S/C60H47N/c1-59(2)52-29-15-13-24-47(52)49-38-35-43(39-54(49)59)40-33-36-44(37-34-40)61(56-32-18-28-51-48-25-14-16-30-53(48)60(3,4)58(51)56)55-31-17-27-46(42-21-9-6-10-22-42)57(55)50-26-12-11-23-45(50)41-19-7-5-8-20-41/h5-39H,1-4H3. The maximum atomic E-state index is 2.54. The molecule has 1 heteroatoms. The Kier molecular flexibility index (Phi) is 8.58. The summed E-state index contributed by atoms with van der Waals surface area (Å²) in [6, 6.07) is 78.6. The summed E-state index contributed by atoms with van der Waals surface area (Å²) in [5, 5.41) is 0. The van der Waals surface area contributed by atoms with Crippen molar-refractivity contribution < 1.29 is 0 Å². The van der Waals surface area contributed by atoms with Crippen molar-refractivity contribution in [1.82, 2.24) is 0 Å². The minimum absolute atomic E-state index is 0.0625. The van der Waals surface area contributed by atoms with Gasteiger partial charge in [0, 0.05) is 22.1 Å². The van der Waals surface area contributed by atoms with Gasteiger partial charge in [0.15, 0.2) is 0 Å². The number of anilines is 3. The zero-order chi connectivity index (χ0) is 41.3. The molecule has 2 aliphatic rings. The summed E-state index contributed by atoms with van der Waals surface area (Å²) >= 11 is 0. The second kappa shape index (κ2) is 14.2. The smallest absolute Gasteiger partial charge is 0.0546 e. The number of nitrogens with zero attached hydrogens (tertiary/aromatic N) is 1. The molecular formula is C60H47N. The van der Waals surface area contributed by atoms with E-state index >= 15 is 0 Å². The van der Waals surface area contributed by atoms with Crippen LogP contribution in [0.1, 0.15) is 49.9 Å². The van der Waals surface area contributed by atoms with Crippen LogP contribution in [0.25, 0.3) is 66.8 Å². The van der Waals surface area contributed by atoms with Crippen molar-refractivity contribution in [3.63, 3.8) is 0 Å². The van der Waals surface area contributed by atoms with Gasteiger partial charge in [-0.1, -0.05) is 210 Å². The van der Waals surface area contributed by atoms with Gasteiger partial charge in [0.25, 0.3) is 0 Å². The molecule has 0 fully saturated rings. The first-order valence-electron chi connectivity index (χ1n) is 21.5. The van der Waals surface area contributed by atoms with Crippen molar-refractivity contribution in [1.29, 1.82) is 0 Å². The summed E-state index contributed by atoms with van der Waals surface area (Å²) in [5.74, 6) is 0. The molecule has 0 unspecified atom stereocenters. The zero-order valence-corrected chi connectivity index (χ0v) is 35.2. The molecule has 0 heterocycles. The van der Waals surface area contributed by atoms with Crippen LogP contribution in [0.2, 0.25) is 0 Å². The van der Waals surface area contributed by atoms with Crippen molar-refractivity contribution in [2.75, 3.05) is 4.90 Å². The van der Waals surface area contributed by atoms with Gasteiger partial charge in [0.05, 0.1) is 11.4 Å². The molecule has 0 aliphatic heterocycles. The van der Waals surface area contributed by atoms with Gasteiger partial charge < -0.3 is 4.90 Å². The number of fused-ring (bicyclic) bond motifs is 6. The first-order valence-corrected chi connectivity index (χ1v) is 21.5. The second-order valence-corrected chi connectivity index (χ2v) is 17.7. The summed E-state index contributed by atoms with van der Waals surface area (Å²) in [5.41, 5.74) is 23.6. The summed E-state index contributed by atoms with van der Waals surface area (Å²) in [4.78, 5) is 2.54. The average Bonchev–Trinajstić information content (AvgIpc) is 3.69. The highest BCUT2D eigenvalue weighted by Gasteiger charge is 2.39. The Morgan fingerprint density at radius 3 is 1.44 bits per heavy atom. The van der Waals surface area contributed by atoms with E-state index in [4.69, 9.17) is 0 Å². The van der Waals surface area contributed by atoms with Crippen molar-refractivity contribution in [3.05, 3.63) is 235 Å². The summed E-state index contributed by atoms with van der Waals surface area (Å²) in [6.07, 6.45) is 0. The van der Waals surface area contributed by atoms with Crippen LogP contribution in [0, 0.1) is 0 Å². The van der Waals surface area contributed by atoms with Gasteiger partial charge in [-0.25, -0.2) is 0 Å². The fourth-order valence-corrected chi connectivity index (χ4v) is 10.5. The van der Waals surface area contributed by atoms with E-state index in [2.05, 4.69) is 245 Å². The van der Waals surface area contributed by atoms with E-state index in [0.717, 1.165) is 11.4 Å². The molecule has 1 nitrogen and oxygen atoms in total. The topological polar surface area (TPSA) is 3.24 Å². The van der Waals surface area contributed by atoms with Gasteiger partial charge in [0.2, 0.25) is 0 Å². The molecule has 292 valence electrons. The Morgan fingerprint density at radius 1 is 0.295 bits per heavy atom. The first-order chi connectivity index (χ1) is 29.8. The molecule has 0 radical (unpaired) electrons. The molecule has 2 aliphatic carbocycles. The van der Waals surface area contributed by atoms with E-state index in [-0.39, 0.29) is 10.8 Å². The third-order valence-corrected chi connectivity index (χ3v) is 13.5. The third kappa shape index (κ3) is 5.83. The predicted molar refractivity (Wildman–Crippen MR) is 258 cm³/mol. The van der Waals surface area contributed by atoms with Crippen LogP contribution in [-0.2, 0) is 10.8 Å². The van der Waals surface area contributed by atoms with Crippen molar-refractivity contribution in [2.24, 2.45) is 0 Å². The van der Waals surface area contributed by atoms with E-state index in [0.29, 0.717) is 0 Å². The van der Waals surface area contributed by atoms with E-state index in [1.165, 1.54) is 94.7 Å². The van der Waals surface area contributed by atoms with Crippen LogP contribution in [0.15, 0.2) is 212 Å². The Bertz CT molecular complexity index is 3120. The molecule has 9 aromatic carbocycles. The summed E-state index contributed by atoms with van der Waals surface area (Å²) in [7, 11) is 0. The first kappa shape index (κ1) is 36.8. The largest absolute Gasteiger partial charge is 0.310 e. The molecule has 0 atom stereocenters. The van der Waals surface area contributed by atoms with Crippen molar-refractivity contribution >= 4 is 17.1 Å². The van der Waals surface area contributed by atoms with Crippen LogP contribution in [-0.4, -0.2) is 0 Å². The van der Waals surface area contributed by atoms with Gasteiger partial charge in [-0.2, -0.15) is 0 Å². The number of hydrogen-bond donors (Lipinski definition) is 0. The lowest BCUT2D eigenvalue weighted by Gasteiger charge is -2.34. The normalized spacial score (nSPS) is 13.8. The maximum Gasteiger partial charge on any atom is 0.0546 e. The third-order valence-electron chi connectivity index (χ3n) is 13.5. The van der Waals surface area contributed by atoms with Crippen LogP contribution >= 0.6 is 0 Å². The zero-order valence-electron chi connectivity index (χ0n) is 35.2. The fourth-order valence-electron chi connectivity index (χ4n) is 10.5. The minimum atomic E-state index is -0.228. The molecular weight excluding hydrogens is 735 g/mol. The molecule has 0 bridgehead atoms. The van der Waals surface area contributed by atoms with E-state index < -0.39 is 0 Å². The fraction of sp³-hybridized carbons (Fsp3) is 0.100. The molecule has 0 saturated heterocycles. The lowest BCUT2D eigenvalue weighted by atomic mass is 9.81. The quantitative estimate of drug-likeness (QED) is 0.156. The highest BCUT2D eigenvalue weighted by Crippen LogP contribution is 2.56. The minimum Gasteiger partial charge on any atom is -0.310 e. The number of hydrogen-bond acceptors (Lipinski definition) is 1. The Labute approximate surface area is 360 Å². The number of rotatable bonds is 7. The van der Waals surface area contributed by atoms with Crippen LogP contribution in [0.5, 0.6) is 0 Å². The van der Waals surface area contributed by atoms with Gasteiger partial charge in [-0.05, 0) is 114 Å². The highest BCUT2D eigenvalue weighted by atomic mass is 15.1. The predicted octanol–water partition coefficient (Wildman–Crippen LogP) is 16.4. The van der Waals surface area contributed by atoms with E-state index in [1.807, 2.05) is 0 Å². The van der Waals surface area contributed by atoms with E-state index in [9.17, 15) is 0 Å². The highest BCUT2D eigenvalue weighted by molar-refractivity contribution is 6.02. The van der Waals surface area contributed by atoms with Crippen molar-refractivity contribution in [3.8, 4) is 66.8 Å². The lowest BCUT2D eigenvalue weighted by Crippen LogP contribution is -2.21. The Morgan fingerprint density at radius 2 is 0.770 bits per heavy atom. The molecule has 0 N–H and O–H groups in total.